The minimum Gasteiger partial charge on any atom is -0.336 e. The van der Waals surface area contributed by atoms with E-state index in [1.54, 1.807) is 12.1 Å². The molecule has 124 valence electrons. The number of nitrogens with one attached hydrogen (secondary N) is 2. The highest BCUT2D eigenvalue weighted by Crippen LogP contribution is 2.52. The number of anilines is 1. The molecule has 2 N–H and O–H groups in total. The maximum absolute atomic E-state index is 12.5. The average Bonchev–Trinajstić information content (AvgIpc) is 3.25. The van der Waals surface area contributed by atoms with Crippen molar-refractivity contribution in [2.24, 2.45) is 23.7 Å². The summed E-state index contributed by atoms with van der Waals surface area (Å²) in [5, 5.41) is 5.40. The van der Waals surface area contributed by atoms with Crippen LogP contribution in [0.25, 0.3) is 0 Å². The number of benzene rings is 1. The molecule has 4 atom stereocenters. The predicted molar refractivity (Wildman–Crippen MR) is 87.9 cm³/mol. The number of amides is 4. The van der Waals surface area contributed by atoms with Crippen molar-refractivity contribution in [2.75, 3.05) is 18.4 Å². The zero-order valence-electron chi connectivity index (χ0n) is 13.1. The van der Waals surface area contributed by atoms with E-state index in [0.717, 1.165) is 6.42 Å². The Morgan fingerprint density at radius 1 is 1.04 bits per heavy atom. The van der Waals surface area contributed by atoms with Gasteiger partial charge in [0, 0.05) is 18.8 Å². The van der Waals surface area contributed by atoms with E-state index in [9.17, 15) is 14.4 Å². The first-order valence-corrected chi connectivity index (χ1v) is 8.28. The maximum Gasteiger partial charge on any atom is 0.319 e. The van der Waals surface area contributed by atoms with Crippen molar-refractivity contribution in [3.63, 3.8) is 0 Å². The zero-order chi connectivity index (χ0) is 16.7. The van der Waals surface area contributed by atoms with E-state index >= 15 is 0 Å². The van der Waals surface area contributed by atoms with Crippen LogP contribution in [0.4, 0.5) is 10.5 Å². The number of carbonyl (C=O) groups excluding carboxylic acids is 3. The third-order valence-electron chi connectivity index (χ3n) is 5.21. The number of rotatable bonds is 4. The Balaban J connectivity index is 1.30. The van der Waals surface area contributed by atoms with E-state index < -0.39 is 0 Å². The van der Waals surface area contributed by atoms with Gasteiger partial charge in [-0.15, -0.1) is 0 Å². The Labute approximate surface area is 139 Å². The fraction of sp³-hybridized carbons (Fsp3) is 0.389. The number of nitrogens with zero attached hydrogens (tertiary/aromatic N) is 1. The van der Waals surface area contributed by atoms with Gasteiger partial charge in [-0.05, 0) is 30.4 Å². The lowest BCUT2D eigenvalue weighted by Crippen LogP contribution is -2.40. The molecule has 3 aliphatic rings. The molecule has 4 rings (SSSR count). The van der Waals surface area contributed by atoms with E-state index in [1.165, 1.54) is 4.90 Å². The molecule has 1 saturated heterocycles. The summed E-state index contributed by atoms with van der Waals surface area (Å²) >= 11 is 0. The van der Waals surface area contributed by atoms with Crippen LogP contribution in [0.3, 0.4) is 0 Å². The molecule has 1 saturated carbocycles. The molecule has 0 unspecified atom stereocenters. The molecule has 4 amide bonds. The van der Waals surface area contributed by atoms with Gasteiger partial charge in [-0.3, -0.25) is 14.5 Å². The number of fused-ring (bicyclic) bond motifs is 5. The summed E-state index contributed by atoms with van der Waals surface area (Å²) in [6.45, 7) is 0.477. The predicted octanol–water partition coefficient (Wildman–Crippen LogP) is 1.62. The number of hydrogen-bond donors (Lipinski definition) is 2. The number of allylic oxidation sites excluding steroid dienone is 2. The third kappa shape index (κ3) is 2.38. The molecule has 6 nitrogen and oxygen atoms in total. The van der Waals surface area contributed by atoms with Gasteiger partial charge in [-0.25, -0.2) is 4.79 Å². The molecular weight excluding hydrogens is 306 g/mol. The fourth-order valence-corrected chi connectivity index (χ4v) is 4.16. The molecule has 1 aromatic rings. The molecule has 0 aromatic heterocycles. The number of carbonyl (C=O) groups is 3. The SMILES string of the molecule is O=C(NCCN1C(=O)[C@H]2[C@H](C1=O)[C@H]1C=C[C@H]2C1)Nc1ccccc1. The van der Waals surface area contributed by atoms with Gasteiger partial charge in [0.25, 0.3) is 0 Å². The lowest BCUT2D eigenvalue weighted by Gasteiger charge is -2.17. The monoisotopic (exact) mass is 325 g/mol. The lowest BCUT2D eigenvalue weighted by molar-refractivity contribution is -0.140. The largest absolute Gasteiger partial charge is 0.336 e. The first-order valence-electron chi connectivity index (χ1n) is 8.28. The molecule has 0 spiro atoms. The van der Waals surface area contributed by atoms with Crippen LogP contribution in [0.1, 0.15) is 6.42 Å². The molecule has 2 aliphatic carbocycles. The highest BCUT2D eigenvalue weighted by molar-refractivity contribution is 6.06. The molecule has 24 heavy (non-hydrogen) atoms. The minimum absolute atomic E-state index is 0.0767. The van der Waals surface area contributed by atoms with Crippen LogP contribution in [0.5, 0.6) is 0 Å². The highest BCUT2D eigenvalue weighted by Gasteiger charge is 2.58. The van der Waals surface area contributed by atoms with E-state index in [2.05, 4.69) is 22.8 Å². The molecular formula is C18H19N3O3. The first kappa shape index (κ1) is 14.9. The minimum atomic E-state index is -0.345. The summed E-state index contributed by atoms with van der Waals surface area (Å²) in [5.41, 5.74) is 0.695. The van der Waals surface area contributed by atoms with Crippen molar-refractivity contribution in [1.82, 2.24) is 10.2 Å². The summed E-state index contributed by atoms with van der Waals surface area (Å²) in [5.74, 6) is -0.0675. The van der Waals surface area contributed by atoms with Crippen molar-refractivity contribution in [3.05, 3.63) is 42.5 Å². The molecule has 2 bridgehead atoms. The van der Waals surface area contributed by atoms with E-state index in [1.807, 2.05) is 18.2 Å². The standard InChI is InChI=1S/C18H19N3O3/c22-16-14-11-6-7-12(10-11)15(14)17(23)21(16)9-8-19-18(24)20-13-4-2-1-3-5-13/h1-7,11-12,14-15H,8-10H2,(H2,19,20,24)/t11-,12-,14+,15+/m0/s1. The van der Waals surface area contributed by atoms with Crippen LogP contribution in [0, 0.1) is 23.7 Å². The first-order chi connectivity index (χ1) is 11.6. The normalized spacial score (nSPS) is 29.9. The zero-order valence-corrected chi connectivity index (χ0v) is 13.1. The Morgan fingerprint density at radius 3 is 2.29 bits per heavy atom. The van der Waals surface area contributed by atoms with Gasteiger partial charge in [-0.2, -0.15) is 0 Å². The van der Waals surface area contributed by atoms with Crippen molar-refractivity contribution in [2.45, 2.75) is 6.42 Å². The second-order valence-corrected chi connectivity index (χ2v) is 6.57. The van der Waals surface area contributed by atoms with Crippen LogP contribution in [0.15, 0.2) is 42.5 Å². The van der Waals surface area contributed by atoms with Gasteiger partial charge in [-0.1, -0.05) is 30.4 Å². The van der Waals surface area contributed by atoms with E-state index in [-0.39, 0.29) is 54.6 Å². The second-order valence-electron chi connectivity index (χ2n) is 6.57. The van der Waals surface area contributed by atoms with Gasteiger partial charge in [0.2, 0.25) is 11.8 Å². The molecule has 1 aromatic carbocycles. The van der Waals surface area contributed by atoms with Gasteiger partial charge in [0.1, 0.15) is 0 Å². The number of urea groups is 1. The van der Waals surface area contributed by atoms with Crippen molar-refractivity contribution >= 4 is 23.5 Å². The van der Waals surface area contributed by atoms with E-state index in [0.29, 0.717) is 5.69 Å². The van der Waals surface area contributed by atoms with Crippen LogP contribution < -0.4 is 10.6 Å². The third-order valence-corrected chi connectivity index (χ3v) is 5.21. The Morgan fingerprint density at radius 2 is 1.67 bits per heavy atom. The Bertz CT molecular complexity index is 685. The molecule has 1 heterocycles. The summed E-state index contributed by atoms with van der Waals surface area (Å²) in [6.07, 6.45) is 5.08. The van der Waals surface area contributed by atoms with Crippen LogP contribution in [0.2, 0.25) is 0 Å². The average molecular weight is 325 g/mol. The summed E-state index contributed by atoms with van der Waals surface area (Å²) in [7, 11) is 0. The summed E-state index contributed by atoms with van der Waals surface area (Å²) in [6, 6.07) is 8.76. The van der Waals surface area contributed by atoms with Crippen molar-refractivity contribution < 1.29 is 14.4 Å². The topological polar surface area (TPSA) is 78.5 Å². The number of likely N-dealkylation sites (tertiary alicyclic amines) is 1. The van der Waals surface area contributed by atoms with Crippen LogP contribution >= 0.6 is 0 Å². The van der Waals surface area contributed by atoms with Crippen LogP contribution in [-0.4, -0.2) is 35.8 Å². The Kier molecular flexibility index (Phi) is 3.59. The van der Waals surface area contributed by atoms with Crippen molar-refractivity contribution in [3.8, 4) is 0 Å². The van der Waals surface area contributed by atoms with Gasteiger partial charge < -0.3 is 10.6 Å². The molecule has 6 heteroatoms. The van der Waals surface area contributed by atoms with E-state index in [4.69, 9.17) is 0 Å². The molecule has 0 radical (unpaired) electrons. The van der Waals surface area contributed by atoms with Gasteiger partial charge in [0.05, 0.1) is 11.8 Å². The number of imide groups is 1. The summed E-state index contributed by atoms with van der Waals surface area (Å²) < 4.78 is 0. The smallest absolute Gasteiger partial charge is 0.319 e. The lowest BCUT2D eigenvalue weighted by atomic mass is 9.85. The molecule has 2 fully saturated rings. The van der Waals surface area contributed by atoms with Crippen LogP contribution in [-0.2, 0) is 9.59 Å². The number of para-hydroxylation sites is 1. The maximum atomic E-state index is 12.5. The Hall–Kier alpha value is -2.63. The number of hydrogen-bond acceptors (Lipinski definition) is 3. The molecule has 1 aliphatic heterocycles. The van der Waals surface area contributed by atoms with Gasteiger partial charge >= 0.3 is 6.03 Å². The fourth-order valence-electron chi connectivity index (χ4n) is 4.16. The van der Waals surface area contributed by atoms with Crippen molar-refractivity contribution in [1.29, 1.82) is 0 Å². The highest BCUT2D eigenvalue weighted by atomic mass is 16.2. The quantitative estimate of drug-likeness (QED) is 0.652. The van der Waals surface area contributed by atoms with Gasteiger partial charge in [0.15, 0.2) is 0 Å². The summed E-state index contributed by atoms with van der Waals surface area (Å²) in [4.78, 5) is 38.2. The second kappa shape index (κ2) is 5.78.